The number of aliphatic hydroxyl groups excluding tert-OH is 1. The summed E-state index contributed by atoms with van der Waals surface area (Å²) in [5.41, 5.74) is 1.66. The van der Waals surface area contributed by atoms with E-state index < -0.39 is 6.10 Å². The summed E-state index contributed by atoms with van der Waals surface area (Å²) in [5, 5.41) is 19.4. The van der Waals surface area contributed by atoms with Crippen LogP contribution >= 0.6 is 0 Å². The highest BCUT2D eigenvalue weighted by Crippen LogP contribution is 2.29. The first-order valence-electron chi connectivity index (χ1n) is 6.44. The zero-order valence-electron chi connectivity index (χ0n) is 10.4. The van der Waals surface area contributed by atoms with Crippen LogP contribution in [-0.4, -0.2) is 23.3 Å². The zero-order valence-corrected chi connectivity index (χ0v) is 10.4. The highest BCUT2D eigenvalue weighted by atomic mass is 16.3. The fraction of sp³-hybridized carbons (Fsp3) is 0.571. The molecule has 1 aliphatic heterocycles. The molecule has 0 aliphatic carbocycles. The summed E-state index contributed by atoms with van der Waals surface area (Å²) in [6.45, 7) is 3.79. The van der Waals surface area contributed by atoms with Crippen LogP contribution in [0.4, 0.5) is 5.69 Å². The second-order valence-corrected chi connectivity index (χ2v) is 4.82. The normalized spacial score (nSPS) is 18.8. The fourth-order valence-corrected chi connectivity index (χ4v) is 2.41. The maximum Gasteiger partial charge on any atom is 0.123 e. The molecule has 1 aromatic rings. The molecular formula is C14H21NO2. The van der Waals surface area contributed by atoms with Gasteiger partial charge in [-0.1, -0.05) is 18.9 Å². The number of rotatable bonds is 2. The summed E-state index contributed by atoms with van der Waals surface area (Å²) >= 11 is 0. The number of phenols is 1. The Bertz CT molecular complexity index is 368. The monoisotopic (exact) mass is 235 g/mol. The van der Waals surface area contributed by atoms with E-state index >= 15 is 0 Å². The fourth-order valence-electron chi connectivity index (χ4n) is 2.41. The first-order chi connectivity index (χ1) is 8.18. The van der Waals surface area contributed by atoms with Gasteiger partial charge in [-0.05, 0) is 25.8 Å². The third-order valence-electron chi connectivity index (χ3n) is 3.44. The highest BCUT2D eigenvalue weighted by molar-refractivity contribution is 5.53. The van der Waals surface area contributed by atoms with E-state index in [9.17, 15) is 10.2 Å². The van der Waals surface area contributed by atoms with Crippen LogP contribution in [0.1, 0.15) is 44.3 Å². The molecule has 3 heteroatoms. The van der Waals surface area contributed by atoms with Crippen LogP contribution in [0, 0.1) is 0 Å². The van der Waals surface area contributed by atoms with Crippen molar-refractivity contribution in [3.8, 4) is 5.75 Å². The Morgan fingerprint density at radius 1 is 1.12 bits per heavy atom. The molecule has 0 bridgehead atoms. The molecule has 3 nitrogen and oxygen atoms in total. The predicted molar refractivity (Wildman–Crippen MR) is 69.4 cm³/mol. The molecular weight excluding hydrogens is 214 g/mol. The molecule has 0 radical (unpaired) electrons. The average Bonchev–Trinajstić information content (AvgIpc) is 2.56. The van der Waals surface area contributed by atoms with Crippen LogP contribution in [-0.2, 0) is 0 Å². The first kappa shape index (κ1) is 12.2. The van der Waals surface area contributed by atoms with Crippen LogP contribution < -0.4 is 4.90 Å². The van der Waals surface area contributed by atoms with Gasteiger partial charge in [0.25, 0.3) is 0 Å². The van der Waals surface area contributed by atoms with Gasteiger partial charge in [0.05, 0.1) is 6.10 Å². The van der Waals surface area contributed by atoms with Gasteiger partial charge in [-0.15, -0.1) is 0 Å². The van der Waals surface area contributed by atoms with E-state index in [1.54, 1.807) is 13.0 Å². The van der Waals surface area contributed by atoms with E-state index in [1.165, 1.54) is 25.7 Å². The second kappa shape index (κ2) is 5.41. The van der Waals surface area contributed by atoms with Gasteiger partial charge in [0, 0.05) is 30.4 Å². The Labute approximate surface area is 103 Å². The lowest BCUT2D eigenvalue weighted by Crippen LogP contribution is -2.23. The minimum Gasteiger partial charge on any atom is -0.507 e. The molecule has 94 valence electrons. The minimum atomic E-state index is -0.617. The molecule has 1 unspecified atom stereocenters. The molecule has 1 heterocycles. The van der Waals surface area contributed by atoms with Gasteiger partial charge in [-0.3, -0.25) is 0 Å². The third kappa shape index (κ3) is 2.91. The van der Waals surface area contributed by atoms with Crippen molar-refractivity contribution in [1.82, 2.24) is 0 Å². The van der Waals surface area contributed by atoms with Gasteiger partial charge < -0.3 is 15.1 Å². The third-order valence-corrected chi connectivity index (χ3v) is 3.44. The summed E-state index contributed by atoms with van der Waals surface area (Å²) in [7, 11) is 0. The Kier molecular flexibility index (Phi) is 3.89. The molecule has 1 aromatic carbocycles. The van der Waals surface area contributed by atoms with E-state index in [2.05, 4.69) is 4.90 Å². The van der Waals surface area contributed by atoms with Crippen molar-refractivity contribution < 1.29 is 10.2 Å². The summed E-state index contributed by atoms with van der Waals surface area (Å²) in [5.74, 6) is 0.196. The van der Waals surface area contributed by atoms with E-state index in [4.69, 9.17) is 0 Å². The van der Waals surface area contributed by atoms with Crippen molar-refractivity contribution in [3.63, 3.8) is 0 Å². The van der Waals surface area contributed by atoms with Crippen molar-refractivity contribution >= 4 is 5.69 Å². The van der Waals surface area contributed by atoms with Crippen molar-refractivity contribution in [2.24, 2.45) is 0 Å². The predicted octanol–water partition coefficient (Wildman–Crippen LogP) is 2.83. The van der Waals surface area contributed by atoms with E-state index in [0.29, 0.717) is 5.56 Å². The van der Waals surface area contributed by atoms with Crippen molar-refractivity contribution in [1.29, 1.82) is 0 Å². The van der Waals surface area contributed by atoms with Gasteiger partial charge in [-0.25, -0.2) is 0 Å². The van der Waals surface area contributed by atoms with Crippen molar-refractivity contribution in [2.75, 3.05) is 18.0 Å². The molecule has 1 aliphatic rings. The van der Waals surface area contributed by atoms with E-state index in [-0.39, 0.29) is 5.75 Å². The van der Waals surface area contributed by atoms with Crippen LogP contribution in [0.25, 0.3) is 0 Å². The van der Waals surface area contributed by atoms with Crippen molar-refractivity contribution in [3.05, 3.63) is 23.8 Å². The molecule has 0 spiro atoms. The molecule has 1 atom stereocenters. The van der Waals surface area contributed by atoms with Gasteiger partial charge in [0.1, 0.15) is 5.75 Å². The standard InChI is InChI=1S/C14H21NO2/c1-11(16)13-7-6-12(10-14(13)17)15-8-4-2-3-5-9-15/h6-7,10-11,16-17H,2-5,8-9H2,1H3. The summed E-state index contributed by atoms with van der Waals surface area (Å²) in [6, 6.07) is 5.58. The number of aliphatic hydroxyl groups is 1. The number of benzene rings is 1. The number of hydrogen-bond acceptors (Lipinski definition) is 3. The van der Waals surface area contributed by atoms with Crippen molar-refractivity contribution in [2.45, 2.75) is 38.7 Å². The Morgan fingerprint density at radius 2 is 1.76 bits per heavy atom. The van der Waals surface area contributed by atoms with Crippen LogP contribution in [0.15, 0.2) is 18.2 Å². The summed E-state index contributed by atoms with van der Waals surface area (Å²) in [4.78, 5) is 2.32. The smallest absolute Gasteiger partial charge is 0.123 e. The number of phenolic OH excluding ortho intramolecular Hbond substituents is 1. The topological polar surface area (TPSA) is 43.7 Å². The minimum absolute atomic E-state index is 0.196. The summed E-state index contributed by atoms with van der Waals surface area (Å²) in [6.07, 6.45) is 4.42. The highest BCUT2D eigenvalue weighted by Gasteiger charge is 2.13. The lowest BCUT2D eigenvalue weighted by molar-refractivity contribution is 0.195. The molecule has 2 N–H and O–H groups in total. The number of anilines is 1. The summed E-state index contributed by atoms with van der Waals surface area (Å²) < 4.78 is 0. The maximum atomic E-state index is 9.88. The average molecular weight is 235 g/mol. The molecule has 1 fully saturated rings. The van der Waals surface area contributed by atoms with E-state index in [0.717, 1.165) is 18.8 Å². The largest absolute Gasteiger partial charge is 0.507 e. The number of hydrogen-bond donors (Lipinski definition) is 2. The Morgan fingerprint density at radius 3 is 2.29 bits per heavy atom. The maximum absolute atomic E-state index is 9.88. The second-order valence-electron chi connectivity index (χ2n) is 4.82. The Hall–Kier alpha value is -1.22. The first-order valence-corrected chi connectivity index (χ1v) is 6.44. The zero-order chi connectivity index (χ0) is 12.3. The Balaban J connectivity index is 2.18. The molecule has 0 saturated carbocycles. The number of nitrogens with zero attached hydrogens (tertiary/aromatic N) is 1. The lowest BCUT2D eigenvalue weighted by Gasteiger charge is -2.23. The molecule has 1 saturated heterocycles. The van der Waals surface area contributed by atoms with Crippen LogP contribution in [0.5, 0.6) is 5.75 Å². The SMILES string of the molecule is CC(O)c1ccc(N2CCCCCC2)cc1O. The van der Waals surface area contributed by atoms with E-state index in [1.807, 2.05) is 12.1 Å². The van der Waals surface area contributed by atoms with Gasteiger partial charge >= 0.3 is 0 Å². The van der Waals surface area contributed by atoms with Gasteiger partial charge in [0.15, 0.2) is 0 Å². The van der Waals surface area contributed by atoms with Crippen LogP contribution in [0.3, 0.4) is 0 Å². The molecule has 17 heavy (non-hydrogen) atoms. The molecule has 2 rings (SSSR count). The molecule has 0 amide bonds. The quantitative estimate of drug-likeness (QED) is 0.828. The number of aromatic hydroxyl groups is 1. The van der Waals surface area contributed by atoms with Crippen LogP contribution in [0.2, 0.25) is 0 Å². The molecule has 0 aromatic heterocycles. The van der Waals surface area contributed by atoms with Gasteiger partial charge in [-0.2, -0.15) is 0 Å². The van der Waals surface area contributed by atoms with Gasteiger partial charge in [0.2, 0.25) is 0 Å². The lowest BCUT2D eigenvalue weighted by atomic mass is 10.1.